The SMILES string of the molecule is C[C@@H]1C=CC[C@@H]2C(=O)N(c3ccc(C(=O)N4CCCCC4)cc3)C(=O)[C@@H]12. The fraction of sp³-hybridized carbons (Fsp3) is 0.476. The van der Waals surface area contributed by atoms with E-state index >= 15 is 0 Å². The number of fused-ring (bicyclic) bond motifs is 1. The maximum absolute atomic E-state index is 12.8. The fourth-order valence-electron chi connectivity index (χ4n) is 4.43. The highest BCUT2D eigenvalue weighted by atomic mass is 16.2. The molecule has 1 aliphatic carbocycles. The van der Waals surface area contributed by atoms with Crippen molar-refractivity contribution in [2.75, 3.05) is 18.0 Å². The van der Waals surface area contributed by atoms with Crippen molar-refractivity contribution in [3.05, 3.63) is 42.0 Å². The molecule has 0 saturated carbocycles. The molecule has 1 aromatic rings. The number of anilines is 1. The number of benzene rings is 1. The van der Waals surface area contributed by atoms with Crippen LogP contribution in [0, 0.1) is 17.8 Å². The lowest BCUT2D eigenvalue weighted by molar-refractivity contribution is -0.122. The summed E-state index contributed by atoms with van der Waals surface area (Å²) >= 11 is 0. The molecule has 3 atom stereocenters. The van der Waals surface area contributed by atoms with Crippen LogP contribution in [0.5, 0.6) is 0 Å². The van der Waals surface area contributed by atoms with E-state index in [9.17, 15) is 14.4 Å². The number of imide groups is 1. The maximum atomic E-state index is 12.8. The van der Waals surface area contributed by atoms with Crippen LogP contribution in [0.15, 0.2) is 36.4 Å². The molecule has 2 saturated heterocycles. The minimum atomic E-state index is -0.262. The van der Waals surface area contributed by atoms with E-state index in [4.69, 9.17) is 0 Å². The molecule has 3 aliphatic rings. The molecule has 4 rings (SSSR count). The number of nitrogens with zero attached hydrogens (tertiary/aromatic N) is 2. The summed E-state index contributed by atoms with van der Waals surface area (Å²) in [7, 11) is 0. The van der Waals surface area contributed by atoms with E-state index in [1.165, 1.54) is 11.3 Å². The standard InChI is InChI=1S/C21H24N2O3/c1-14-6-5-7-17-18(14)21(26)23(20(17)25)16-10-8-15(9-11-16)19(24)22-12-3-2-4-13-22/h5-6,8-11,14,17-18H,2-4,7,12-13H2,1H3/t14-,17+,18+/m1/s1. The zero-order chi connectivity index (χ0) is 18.3. The van der Waals surface area contributed by atoms with Crippen LogP contribution >= 0.6 is 0 Å². The Morgan fingerprint density at radius 2 is 1.69 bits per heavy atom. The molecule has 26 heavy (non-hydrogen) atoms. The van der Waals surface area contributed by atoms with Gasteiger partial charge in [-0.05, 0) is 55.9 Å². The predicted molar refractivity (Wildman–Crippen MR) is 98.6 cm³/mol. The molecular formula is C21H24N2O3. The lowest BCUT2D eigenvalue weighted by atomic mass is 9.78. The summed E-state index contributed by atoms with van der Waals surface area (Å²) in [5.74, 6) is -0.644. The van der Waals surface area contributed by atoms with Crippen molar-refractivity contribution in [3.8, 4) is 0 Å². The number of likely N-dealkylation sites (tertiary alicyclic amines) is 1. The average Bonchev–Trinajstić information content (AvgIpc) is 2.94. The van der Waals surface area contributed by atoms with Gasteiger partial charge in [0.2, 0.25) is 11.8 Å². The van der Waals surface area contributed by atoms with Gasteiger partial charge in [-0.25, -0.2) is 0 Å². The topological polar surface area (TPSA) is 57.7 Å². The van der Waals surface area contributed by atoms with Crippen molar-refractivity contribution in [2.24, 2.45) is 17.8 Å². The van der Waals surface area contributed by atoms with Crippen LogP contribution in [0.1, 0.15) is 43.0 Å². The van der Waals surface area contributed by atoms with Crippen LogP contribution in [0.25, 0.3) is 0 Å². The second kappa shape index (κ2) is 6.71. The highest BCUT2D eigenvalue weighted by Crippen LogP contribution is 2.40. The minimum absolute atomic E-state index is 0.0295. The Bertz CT molecular complexity index is 762. The third-order valence-corrected chi connectivity index (χ3v) is 5.89. The molecule has 2 aliphatic heterocycles. The highest BCUT2D eigenvalue weighted by Gasteiger charge is 2.50. The third-order valence-electron chi connectivity index (χ3n) is 5.89. The summed E-state index contributed by atoms with van der Waals surface area (Å²) in [5, 5.41) is 0. The average molecular weight is 352 g/mol. The van der Waals surface area contributed by atoms with E-state index in [0.29, 0.717) is 17.7 Å². The zero-order valence-corrected chi connectivity index (χ0v) is 15.1. The van der Waals surface area contributed by atoms with E-state index in [1.54, 1.807) is 24.3 Å². The molecule has 3 amide bonds. The molecule has 0 spiro atoms. The van der Waals surface area contributed by atoms with Crippen molar-refractivity contribution in [1.29, 1.82) is 0 Å². The molecule has 0 radical (unpaired) electrons. The Kier molecular flexibility index (Phi) is 4.39. The molecule has 5 heteroatoms. The smallest absolute Gasteiger partial charge is 0.253 e. The van der Waals surface area contributed by atoms with Crippen molar-refractivity contribution < 1.29 is 14.4 Å². The lowest BCUT2D eigenvalue weighted by Crippen LogP contribution is -2.35. The van der Waals surface area contributed by atoms with Gasteiger partial charge in [-0.3, -0.25) is 19.3 Å². The number of rotatable bonds is 2. The van der Waals surface area contributed by atoms with E-state index in [-0.39, 0.29) is 35.5 Å². The second-order valence-electron chi connectivity index (χ2n) is 7.57. The van der Waals surface area contributed by atoms with E-state index in [1.807, 2.05) is 24.0 Å². The van der Waals surface area contributed by atoms with Gasteiger partial charge in [0.15, 0.2) is 0 Å². The van der Waals surface area contributed by atoms with Gasteiger partial charge < -0.3 is 4.90 Å². The van der Waals surface area contributed by atoms with Crippen molar-refractivity contribution >= 4 is 23.4 Å². The van der Waals surface area contributed by atoms with Gasteiger partial charge in [-0.15, -0.1) is 0 Å². The summed E-state index contributed by atoms with van der Waals surface area (Å²) in [6, 6.07) is 6.91. The quantitative estimate of drug-likeness (QED) is 0.607. The Balaban J connectivity index is 1.54. The molecule has 0 N–H and O–H groups in total. The molecule has 0 bridgehead atoms. The van der Waals surface area contributed by atoms with Crippen LogP contribution < -0.4 is 4.90 Å². The van der Waals surface area contributed by atoms with Crippen LogP contribution in [0.2, 0.25) is 0 Å². The monoisotopic (exact) mass is 352 g/mol. The molecule has 136 valence electrons. The number of piperidine rings is 1. The Hall–Kier alpha value is -2.43. The highest BCUT2D eigenvalue weighted by molar-refractivity contribution is 6.22. The summed E-state index contributed by atoms with van der Waals surface area (Å²) < 4.78 is 0. The molecule has 2 heterocycles. The fourth-order valence-corrected chi connectivity index (χ4v) is 4.43. The summed E-state index contributed by atoms with van der Waals surface area (Å²) in [6.07, 6.45) is 7.93. The van der Waals surface area contributed by atoms with E-state index in [0.717, 1.165) is 25.9 Å². The number of hydrogen-bond acceptors (Lipinski definition) is 3. The Morgan fingerprint density at radius 1 is 1.00 bits per heavy atom. The van der Waals surface area contributed by atoms with Crippen LogP contribution in [-0.2, 0) is 9.59 Å². The summed E-state index contributed by atoms with van der Waals surface area (Å²) in [4.78, 5) is 41.4. The minimum Gasteiger partial charge on any atom is -0.339 e. The van der Waals surface area contributed by atoms with Crippen LogP contribution in [-0.4, -0.2) is 35.7 Å². The number of amides is 3. The predicted octanol–water partition coefficient (Wildman–Crippen LogP) is 3.01. The number of hydrogen-bond donors (Lipinski definition) is 0. The van der Waals surface area contributed by atoms with Gasteiger partial charge in [-0.1, -0.05) is 19.1 Å². The van der Waals surface area contributed by atoms with Crippen LogP contribution in [0.4, 0.5) is 5.69 Å². The molecular weight excluding hydrogens is 328 g/mol. The summed E-state index contributed by atoms with van der Waals surface area (Å²) in [6.45, 7) is 3.60. The van der Waals surface area contributed by atoms with Gasteiger partial charge in [-0.2, -0.15) is 0 Å². The van der Waals surface area contributed by atoms with Gasteiger partial charge >= 0.3 is 0 Å². The number of carbonyl (C=O) groups excluding carboxylic acids is 3. The third kappa shape index (κ3) is 2.75. The lowest BCUT2D eigenvalue weighted by Gasteiger charge is -2.27. The molecule has 1 aromatic carbocycles. The van der Waals surface area contributed by atoms with Gasteiger partial charge in [0.1, 0.15) is 0 Å². The van der Waals surface area contributed by atoms with Crippen LogP contribution in [0.3, 0.4) is 0 Å². The Labute approximate surface area is 153 Å². The number of allylic oxidation sites excluding steroid dienone is 2. The first-order valence-corrected chi connectivity index (χ1v) is 9.52. The number of carbonyl (C=O) groups is 3. The van der Waals surface area contributed by atoms with Crippen molar-refractivity contribution in [3.63, 3.8) is 0 Å². The molecule has 2 fully saturated rings. The first-order valence-electron chi connectivity index (χ1n) is 9.52. The zero-order valence-electron chi connectivity index (χ0n) is 15.1. The largest absolute Gasteiger partial charge is 0.339 e. The maximum Gasteiger partial charge on any atom is 0.253 e. The van der Waals surface area contributed by atoms with Gasteiger partial charge in [0, 0.05) is 18.7 Å². The normalized spacial score (nSPS) is 28.4. The molecule has 5 nitrogen and oxygen atoms in total. The van der Waals surface area contributed by atoms with E-state index in [2.05, 4.69) is 0 Å². The molecule has 0 unspecified atom stereocenters. The first kappa shape index (κ1) is 17.0. The van der Waals surface area contributed by atoms with Crippen molar-refractivity contribution in [1.82, 2.24) is 4.90 Å². The molecule has 0 aromatic heterocycles. The second-order valence-corrected chi connectivity index (χ2v) is 7.57. The Morgan fingerprint density at radius 3 is 2.35 bits per heavy atom. The van der Waals surface area contributed by atoms with Gasteiger partial charge in [0.05, 0.1) is 17.5 Å². The summed E-state index contributed by atoms with van der Waals surface area (Å²) in [5.41, 5.74) is 1.18. The van der Waals surface area contributed by atoms with Gasteiger partial charge in [0.25, 0.3) is 5.91 Å². The first-order chi connectivity index (χ1) is 12.6. The van der Waals surface area contributed by atoms with Crippen molar-refractivity contribution in [2.45, 2.75) is 32.6 Å². The van der Waals surface area contributed by atoms with E-state index < -0.39 is 0 Å².